The second-order valence-corrected chi connectivity index (χ2v) is 5.83. The zero-order valence-electron chi connectivity index (χ0n) is 12.3. The zero-order valence-corrected chi connectivity index (χ0v) is 14.6. The number of rotatable bonds is 2. The largest absolute Gasteiger partial charge is 0.352 e. The summed E-state index contributed by atoms with van der Waals surface area (Å²) in [4.78, 5) is 6.53. The van der Waals surface area contributed by atoms with E-state index in [0.29, 0.717) is 17.5 Å². The Kier molecular flexibility index (Phi) is 6.23. The van der Waals surface area contributed by atoms with Crippen LogP contribution in [-0.2, 0) is 6.54 Å². The van der Waals surface area contributed by atoms with Crippen LogP contribution in [0.3, 0.4) is 0 Å². The molecule has 0 unspecified atom stereocenters. The van der Waals surface area contributed by atoms with Gasteiger partial charge in [0.05, 0.1) is 0 Å². The van der Waals surface area contributed by atoms with E-state index < -0.39 is 0 Å². The molecule has 5 heteroatoms. The lowest BCUT2D eigenvalue weighted by Crippen LogP contribution is -2.40. The molecule has 1 aliphatic heterocycles. The van der Waals surface area contributed by atoms with Gasteiger partial charge in [-0.1, -0.05) is 32.0 Å². The van der Waals surface area contributed by atoms with Gasteiger partial charge in [0, 0.05) is 32.2 Å². The normalized spacial score (nSPS) is 17.8. The summed E-state index contributed by atoms with van der Waals surface area (Å²) < 4.78 is 13.6. The first kappa shape index (κ1) is 17.2. The quantitative estimate of drug-likeness (QED) is 0.476. The van der Waals surface area contributed by atoms with Crippen molar-refractivity contribution in [2.75, 3.05) is 20.1 Å². The molecule has 1 aromatic rings. The van der Waals surface area contributed by atoms with Crippen LogP contribution in [0.2, 0.25) is 0 Å². The van der Waals surface area contributed by atoms with Crippen LogP contribution >= 0.6 is 24.0 Å². The number of halogens is 2. The molecule has 1 saturated heterocycles. The van der Waals surface area contributed by atoms with E-state index in [9.17, 15) is 4.39 Å². The number of nitrogens with one attached hydrogen (secondary N) is 1. The highest BCUT2D eigenvalue weighted by molar-refractivity contribution is 14.0. The minimum Gasteiger partial charge on any atom is -0.352 e. The second-order valence-electron chi connectivity index (χ2n) is 5.83. The van der Waals surface area contributed by atoms with Crippen LogP contribution in [0.25, 0.3) is 0 Å². The SMILES string of the molecule is CN=C(NCc1ccccc1F)N1CCC(C)(C)C1.I. The predicted octanol–water partition coefficient (Wildman–Crippen LogP) is 3.25. The molecule has 112 valence electrons. The van der Waals surface area contributed by atoms with Crippen LogP contribution < -0.4 is 5.32 Å². The summed E-state index contributed by atoms with van der Waals surface area (Å²) in [5, 5.41) is 3.24. The topological polar surface area (TPSA) is 27.6 Å². The molecule has 0 amide bonds. The third-order valence-electron chi connectivity index (χ3n) is 3.58. The maximum absolute atomic E-state index is 13.6. The lowest BCUT2D eigenvalue weighted by atomic mass is 9.93. The van der Waals surface area contributed by atoms with Crippen molar-refractivity contribution in [1.82, 2.24) is 10.2 Å². The molecule has 1 aromatic carbocycles. The number of aliphatic imine (C=N–C) groups is 1. The molecule has 1 heterocycles. The van der Waals surface area contributed by atoms with E-state index >= 15 is 0 Å². The summed E-state index contributed by atoms with van der Waals surface area (Å²) in [5.74, 6) is 0.682. The molecule has 0 aromatic heterocycles. The first-order valence-electron chi connectivity index (χ1n) is 6.71. The summed E-state index contributed by atoms with van der Waals surface area (Å²) in [7, 11) is 1.77. The third-order valence-corrected chi connectivity index (χ3v) is 3.58. The number of hydrogen-bond acceptors (Lipinski definition) is 1. The van der Waals surface area contributed by atoms with E-state index in [1.54, 1.807) is 19.2 Å². The van der Waals surface area contributed by atoms with Gasteiger partial charge >= 0.3 is 0 Å². The van der Waals surface area contributed by atoms with Gasteiger partial charge < -0.3 is 10.2 Å². The highest BCUT2D eigenvalue weighted by Gasteiger charge is 2.30. The Morgan fingerprint density at radius 2 is 2.10 bits per heavy atom. The minimum atomic E-state index is -0.174. The van der Waals surface area contributed by atoms with Gasteiger partial charge in [0.15, 0.2) is 5.96 Å². The Labute approximate surface area is 137 Å². The maximum atomic E-state index is 13.6. The summed E-state index contributed by atoms with van der Waals surface area (Å²) in [6, 6.07) is 6.83. The Bertz CT molecular complexity index is 474. The molecule has 3 nitrogen and oxygen atoms in total. The van der Waals surface area contributed by atoms with E-state index in [1.165, 1.54) is 6.07 Å². The summed E-state index contributed by atoms with van der Waals surface area (Å²) >= 11 is 0. The fourth-order valence-electron chi connectivity index (χ4n) is 2.44. The van der Waals surface area contributed by atoms with Gasteiger partial charge in [0.1, 0.15) is 5.82 Å². The maximum Gasteiger partial charge on any atom is 0.193 e. The van der Waals surface area contributed by atoms with E-state index in [0.717, 1.165) is 25.5 Å². The van der Waals surface area contributed by atoms with Gasteiger partial charge in [-0.2, -0.15) is 0 Å². The number of likely N-dealkylation sites (tertiary alicyclic amines) is 1. The fourth-order valence-corrected chi connectivity index (χ4v) is 2.44. The van der Waals surface area contributed by atoms with Crippen molar-refractivity contribution in [3.63, 3.8) is 0 Å². The van der Waals surface area contributed by atoms with Crippen LogP contribution in [-0.4, -0.2) is 31.0 Å². The zero-order chi connectivity index (χ0) is 13.9. The van der Waals surface area contributed by atoms with Crippen LogP contribution in [0.15, 0.2) is 29.3 Å². The number of hydrogen-bond donors (Lipinski definition) is 1. The highest BCUT2D eigenvalue weighted by Crippen LogP contribution is 2.28. The molecule has 0 radical (unpaired) electrons. The first-order chi connectivity index (χ1) is 9.02. The van der Waals surface area contributed by atoms with Crippen LogP contribution in [0.4, 0.5) is 4.39 Å². The highest BCUT2D eigenvalue weighted by atomic mass is 127. The molecule has 2 rings (SSSR count). The molecule has 1 aliphatic rings. The minimum absolute atomic E-state index is 0. The lowest BCUT2D eigenvalue weighted by Gasteiger charge is -2.23. The standard InChI is InChI=1S/C15H22FN3.HI/c1-15(2)8-9-19(11-15)14(17-3)18-10-12-6-4-5-7-13(12)16;/h4-7H,8-11H2,1-3H3,(H,17,18);1H. The van der Waals surface area contributed by atoms with Crippen molar-refractivity contribution in [2.45, 2.75) is 26.8 Å². The Morgan fingerprint density at radius 1 is 1.40 bits per heavy atom. The van der Waals surface area contributed by atoms with Gasteiger partial charge in [0.2, 0.25) is 0 Å². The van der Waals surface area contributed by atoms with Crippen molar-refractivity contribution in [3.05, 3.63) is 35.6 Å². The van der Waals surface area contributed by atoms with E-state index in [2.05, 4.69) is 29.1 Å². The van der Waals surface area contributed by atoms with Crippen molar-refractivity contribution in [1.29, 1.82) is 0 Å². The van der Waals surface area contributed by atoms with Gasteiger partial charge in [-0.05, 0) is 17.9 Å². The number of benzene rings is 1. The van der Waals surface area contributed by atoms with Crippen molar-refractivity contribution in [3.8, 4) is 0 Å². The Morgan fingerprint density at radius 3 is 2.65 bits per heavy atom. The van der Waals surface area contributed by atoms with Gasteiger partial charge in [-0.3, -0.25) is 4.99 Å². The fraction of sp³-hybridized carbons (Fsp3) is 0.533. The summed E-state index contributed by atoms with van der Waals surface area (Å²) in [6.45, 7) is 6.98. The van der Waals surface area contributed by atoms with Crippen molar-refractivity contribution in [2.24, 2.45) is 10.4 Å². The molecule has 1 N–H and O–H groups in total. The first-order valence-corrected chi connectivity index (χ1v) is 6.71. The second kappa shape index (κ2) is 7.24. The molecular formula is C15H23FIN3. The molecule has 1 fully saturated rings. The van der Waals surface area contributed by atoms with Gasteiger partial charge in [0.25, 0.3) is 0 Å². The van der Waals surface area contributed by atoms with Crippen LogP contribution in [0, 0.1) is 11.2 Å². The average molecular weight is 391 g/mol. The predicted molar refractivity (Wildman–Crippen MR) is 92.0 cm³/mol. The van der Waals surface area contributed by atoms with Crippen molar-refractivity contribution >= 4 is 29.9 Å². The van der Waals surface area contributed by atoms with E-state index in [1.807, 2.05) is 6.07 Å². The molecule has 0 saturated carbocycles. The molecule has 0 bridgehead atoms. The van der Waals surface area contributed by atoms with Crippen molar-refractivity contribution < 1.29 is 4.39 Å². The monoisotopic (exact) mass is 391 g/mol. The molecule has 20 heavy (non-hydrogen) atoms. The molecule has 0 atom stereocenters. The van der Waals surface area contributed by atoms with Gasteiger partial charge in [-0.15, -0.1) is 24.0 Å². The summed E-state index contributed by atoms with van der Waals surface area (Å²) in [6.07, 6.45) is 1.16. The molecular weight excluding hydrogens is 368 g/mol. The van der Waals surface area contributed by atoms with E-state index in [4.69, 9.17) is 0 Å². The summed E-state index contributed by atoms with van der Waals surface area (Å²) in [5.41, 5.74) is 0.998. The Balaban J connectivity index is 0.00000200. The van der Waals surface area contributed by atoms with Gasteiger partial charge in [-0.25, -0.2) is 4.39 Å². The van der Waals surface area contributed by atoms with Crippen LogP contribution in [0.1, 0.15) is 25.8 Å². The Hall–Kier alpha value is -0.850. The van der Waals surface area contributed by atoms with E-state index in [-0.39, 0.29) is 29.8 Å². The smallest absolute Gasteiger partial charge is 0.193 e. The average Bonchev–Trinajstić information content (AvgIpc) is 2.73. The lowest BCUT2D eigenvalue weighted by molar-refractivity contribution is 0.370. The third kappa shape index (κ3) is 4.33. The molecule has 0 spiro atoms. The number of nitrogens with zero attached hydrogens (tertiary/aromatic N) is 2. The van der Waals surface area contributed by atoms with Crippen LogP contribution in [0.5, 0.6) is 0 Å². The molecule has 0 aliphatic carbocycles. The number of guanidine groups is 1.